The topological polar surface area (TPSA) is 43.1 Å². The van der Waals surface area contributed by atoms with E-state index in [1.807, 2.05) is 0 Å². The van der Waals surface area contributed by atoms with E-state index in [9.17, 15) is 4.79 Å². The highest BCUT2D eigenvalue weighted by Crippen LogP contribution is 2.14. The minimum absolute atomic E-state index is 0.542. The fourth-order valence-electron chi connectivity index (χ4n) is 0.987. The number of rotatable bonds is 1. The summed E-state index contributed by atoms with van der Waals surface area (Å²) in [4.78, 5) is 14.4. The Morgan fingerprint density at radius 2 is 2.36 bits per heavy atom. The summed E-state index contributed by atoms with van der Waals surface area (Å²) in [5.74, 6) is 0. The highest BCUT2D eigenvalue weighted by atomic mass is 16.3. The van der Waals surface area contributed by atoms with E-state index in [1.165, 1.54) is 6.26 Å². The van der Waals surface area contributed by atoms with Gasteiger partial charge in [0.1, 0.15) is 5.52 Å². The van der Waals surface area contributed by atoms with Crippen LogP contribution in [-0.4, -0.2) is 11.3 Å². The molecule has 0 aliphatic heterocycles. The van der Waals surface area contributed by atoms with Crippen LogP contribution in [0.2, 0.25) is 0 Å². The van der Waals surface area contributed by atoms with E-state index in [2.05, 4.69) is 4.98 Å². The van der Waals surface area contributed by atoms with Gasteiger partial charge in [0.15, 0.2) is 11.9 Å². The first-order valence-corrected chi connectivity index (χ1v) is 3.19. The summed E-state index contributed by atoms with van der Waals surface area (Å²) in [5, 5.41) is 0. The van der Waals surface area contributed by atoms with E-state index < -0.39 is 0 Å². The standard InChI is InChI=1S/C8H5NO2/c10-5-6-1-3-9-7-2-4-11-8(6)7/h1-5H. The Bertz CT molecular complexity index is 392. The Morgan fingerprint density at radius 3 is 3.18 bits per heavy atom. The van der Waals surface area contributed by atoms with Gasteiger partial charge < -0.3 is 4.42 Å². The molecular formula is C8H5NO2. The number of furan rings is 1. The Kier molecular flexibility index (Phi) is 1.22. The van der Waals surface area contributed by atoms with Gasteiger partial charge in [-0.05, 0) is 6.07 Å². The molecule has 0 saturated carbocycles. The summed E-state index contributed by atoms with van der Waals surface area (Å²) < 4.78 is 5.05. The maximum absolute atomic E-state index is 10.4. The molecule has 2 aromatic heterocycles. The SMILES string of the molecule is O=Cc1ccnc2ccoc12. The fourth-order valence-corrected chi connectivity index (χ4v) is 0.987. The first kappa shape index (κ1) is 6.09. The van der Waals surface area contributed by atoms with Crippen LogP contribution >= 0.6 is 0 Å². The van der Waals surface area contributed by atoms with Crippen molar-refractivity contribution in [2.75, 3.05) is 0 Å². The van der Waals surface area contributed by atoms with Crippen molar-refractivity contribution in [2.45, 2.75) is 0 Å². The van der Waals surface area contributed by atoms with Crippen molar-refractivity contribution in [3.63, 3.8) is 0 Å². The van der Waals surface area contributed by atoms with Gasteiger partial charge in [-0.15, -0.1) is 0 Å². The predicted molar refractivity (Wildman–Crippen MR) is 39.4 cm³/mol. The van der Waals surface area contributed by atoms with Crippen molar-refractivity contribution in [3.05, 3.63) is 30.2 Å². The number of aromatic nitrogens is 1. The molecular weight excluding hydrogens is 142 g/mol. The Morgan fingerprint density at radius 1 is 1.45 bits per heavy atom. The zero-order valence-electron chi connectivity index (χ0n) is 5.65. The second-order valence-electron chi connectivity index (χ2n) is 2.15. The van der Waals surface area contributed by atoms with Crippen LogP contribution in [-0.2, 0) is 0 Å². The summed E-state index contributed by atoms with van der Waals surface area (Å²) in [7, 11) is 0. The molecule has 0 amide bonds. The summed E-state index contributed by atoms with van der Waals surface area (Å²) in [5.41, 5.74) is 1.82. The van der Waals surface area contributed by atoms with Crippen LogP contribution in [0.1, 0.15) is 10.4 Å². The van der Waals surface area contributed by atoms with Crippen molar-refractivity contribution in [1.82, 2.24) is 4.98 Å². The average Bonchev–Trinajstić information content (AvgIpc) is 2.50. The minimum Gasteiger partial charge on any atom is -0.462 e. The van der Waals surface area contributed by atoms with Crippen molar-refractivity contribution in [3.8, 4) is 0 Å². The number of hydrogen-bond donors (Lipinski definition) is 0. The molecule has 0 bridgehead atoms. The van der Waals surface area contributed by atoms with Crippen molar-refractivity contribution >= 4 is 17.4 Å². The molecule has 0 spiro atoms. The highest BCUT2D eigenvalue weighted by molar-refractivity contribution is 5.92. The van der Waals surface area contributed by atoms with E-state index in [0.717, 1.165) is 11.8 Å². The van der Waals surface area contributed by atoms with Gasteiger partial charge in [-0.2, -0.15) is 0 Å². The maximum Gasteiger partial charge on any atom is 0.162 e. The minimum atomic E-state index is 0.542. The molecule has 0 aliphatic rings. The lowest BCUT2D eigenvalue weighted by molar-refractivity contribution is 0.112. The quantitative estimate of drug-likeness (QED) is 0.576. The van der Waals surface area contributed by atoms with Gasteiger partial charge in [-0.1, -0.05) is 0 Å². The van der Waals surface area contributed by atoms with Crippen LogP contribution < -0.4 is 0 Å². The average molecular weight is 147 g/mol. The number of carbonyl (C=O) groups excluding carboxylic acids is 1. The number of nitrogens with zero attached hydrogens (tertiary/aromatic N) is 1. The summed E-state index contributed by atoms with van der Waals surface area (Å²) in [6.07, 6.45) is 3.86. The van der Waals surface area contributed by atoms with E-state index in [-0.39, 0.29) is 0 Å². The first-order chi connectivity index (χ1) is 5.42. The second-order valence-corrected chi connectivity index (χ2v) is 2.15. The zero-order chi connectivity index (χ0) is 7.68. The molecule has 0 unspecified atom stereocenters. The van der Waals surface area contributed by atoms with Gasteiger partial charge in [0, 0.05) is 12.3 Å². The van der Waals surface area contributed by atoms with Crippen LogP contribution in [0, 0.1) is 0 Å². The lowest BCUT2D eigenvalue weighted by atomic mass is 10.2. The largest absolute Gasteiger partial charge is 0.462 e. The van der Waals surface area contributed by atoms with Crippen molar-refractivity contribution in [1.29, 1.82) is 0 Å². The molecule has 0 radical (unpaired) electrons. The van der Waals surface area contributed by atoms with E-state index >= 15 is 0 Å². The van der Waals surface area contributed by atoms with Crippen molar-refractivity contribution < 1.29 is 9.21 Å². The molecule has 2 rings (SSSR count). The molecule has 11 heavy (non-hydrogen) atoms. The van der Waals surface area contributed by atoms with E-state index in [0.29, 0.717) is 11.1 Å². The maximum atomic E-state index is 10.4. The molecule has 3 nitrogen and oxygen atoms in total. The normalized spacial score (nSPS) is 10.2. The summed E-state index contributed by atoms with van der Waals surface area (Å²) in [6.45, 7) is 0. The molecule has 0 saturated heterocycles. The van der Waals surface area contributed by atoms with Crippen LogP contribution in [0.4, 0.5) is 0 Å². The lowest BCUT2D eigenvalue weighted by Crippen LogP contribution is -1.81. The number of carbonyl (C=O) groups is 1. The molecule has 2 aromatic rings. The highest BCUT2D eigenvalue weighted by Gasteiger charge is 2.01. The van der Waals surface area contributed by atoms with Crippen LogP contribution in [0.5, 0.6) is 0 Å². The molecule has 54 valence electrons. The Labute approximate surface area is 62.7 Å². The predicted octanol–water partition coefficient (Wildman–Crippen LogP) is 1.64. The van der Waals surface area contributed by atoms with Gasteiger partial charge in [0.05, 0.1) is 11.8 Å². The molecule has 0 atom stereocenters. The van der Waals surface area contributed by atoms with E-state index in [1.54, 1.807) is 18.3 Å². The van der Waals surface area contributed by atoms with Gasteiger partial charge in [-0.25, -0.2) is 0 Å². The number of hydrogen-bond acceptors (Lipinski definition) is 3. The van der Waals surface area contributed by atoms with Gasteiger partial charge in [0.2, 0.25) is 0 Å². The number of pyridine rings is 1. The smallest absolute Gasteiger partial charge is 0.162 e. The van der Waals surface area contributed by atoms with Gasteiger partial charge in [0.25, 0.3) is 0 Å². The third-order valence-electron chi connectivity index (χ3n) is 1.50. The Balaban J connectivity index is 2.88. The van der Waals surface area contributed by atoms with Crippen molar-refractivity contribution in [2.24, 2.45) is 0 Å². The molecule has 0 aromatic carbocycles. The first-order valence-electron chi connectivity index (χ1n) is 3.19. The third-order valence-corrected chi connectivity index (χ3v) is 1.50. The van der Waals surface area contributed by atoms with Gasteiger partial charge in [-0.3, -0.25) is 9.78 Å². The molecule has 2 heterocycles. The summed E-state index contributed by atoms with van der Waals surface area (Å²) in [6, 6.07) is 3.35. The molecule has 3 heteroatoms. The summed E-state index contributed by atoms with van der Waals surface area (Å²) >= 11 is 0. The molecule has 0 N–H and O–H groups in total. The number of fused-ring (bicyclic) bond motifs is 1. The Hall–Kier alpha value is -1.64. The second kappa shape index (κ2) is 2.20. The molecule has 0 fully saturated rings. The monoisotopic (exact) mass is 147 g/mol. The third kappa shape index (κ3) is 0.816. The van der Waals surface area contributed by atoms with Crippen LogP contribution in [0.3, 0.4) is 0 Å². The van der Waals surface area contributed by atoms with E-state index in [4.69, 9.17) is 4.42 Å². The lowest BCUT2D eigenvalue weighted by Gasteiger charge is -1.89. The van der Waals surface area contributed by atoms with Crippen LogP contribution in [0.15, 0.2) is 29.0 Å². The fraction of sp³-hybridized carbons (Fsp3) is 0. The molecule has 0 aliphatic carbocycles. The van der Waals surface area contributed by atoms with Crippen LogP contribution in [0.25, 0.3) is 11.1 Å². The van der Waals surface area contributed by atoms with Gasteiger partial charge >= 0.3 is 0 Å². The number of aldehydes is 1. The zero-order valence-corrected chi connectivity index (χ0v) is 5.65.